The largest absolute Gasteiger partial charge is 0.433 e. The summed E-state index contributed by atoms with van der Waals surface area (Å²) in [5.74, 6) is -0.287. The average molecular weight is 489 g/mol. The lowest BCUT2D eigenvalue weighted by Crippen LogP contribution is -2.15. The number of alkyl halides is 3. The number of carbonyl (C=O) groups is 2. The van der Waals surface area contributed by atoms with Crippen LogP contribution in [0.15, 0.2) is 67.1 Å². The molecule has 0 atom stereocenters. The van der Waals surface area contributed by atoms with E-state index in [-0.39, 0.29) is 17.9 Å². The molecule has 0 saturated carbocycles. The maximum Gasteiger partial charge on any atom is 0.433 e. The van der Waals surface area contributed by atoms with Crippen LogP contribution in [0, 0.1) is 6.92 Å². The Morgan fingerprint density at radius 1 is 0.944 bits per heavy atom. The van der Waals surface area contributed by atoms with Crippen molar-refractivity contribution in [1.29, 1.82) is 0 Å². The van der Waals surface area contributed by atoms with E-state index in [0.29, 0.717) is 23.3 Å². The van der Waals surface area contributed by atoms with Crippen molar-refractivity contribution < 1.29 is 22.8 Å². The van der Waals surface area contributed by atoms with Crippen molar-refractivity contribution in [1.82, 2.24) is 15.0 Å². The van der Waals surface area contributed by atoms with E-state index in [0.717, 1.165) is 34.0 Å². The number of fused-ring (bicyclic) bond motifs is 1. The van der Waals surface area contributed by atoms with Crippen LogP contribution >= 0.6 is 0 Å². The molecule has 2 amide bonds. The van der Waals surface area contributed by atoms with E-state index in [4.69, 9.17) is 0 Å². The third-order valence-electron chi connectivity index (χ3n) is 5.81. The Balaban J connectivity index is 1.45. The third kappa shape index (κ3) is 4.52. The van der Waals surface area contributed by atoms with E-state index < -0.39 is 17.8 Å². The number of rotatable bonds is 4. The highest BCUT2D eigenvalue weighted by atomic mass is 19.4. The van der Waals surface area contributed by atoms with Crippen LogP contribution in [-0.2, 0) is 17.4 Å². The molecular weight excluding hydrogens is 471 g/mol. The second kappa shape index (κ2) is 8.88. The number of carbonyl (C=O) groups excluding carboxylic acids is 2. The Morgan fingerprint density at radius 3 is 2.53 bits per heavy atom. The first-order valence-corrected chi connectivity index (χ1v) is 10.9. The first-order valence-electron chi connectivity index (χ1n) is 10.9. The van der Waals surface area contributed by atoms with Gasteiger partial charge in [-0.15, -0.1) is 0 Å². The second-order valence-electron chi connectivity index (χ2n) is 8.25. The summed E-state index contributed by atoms with van der Waals surface area (Å²) in [4.78, 5) is 36.5. The molecule has 1 aromatic carbocycles. The second-order valence-corrected chi connectivity index (χ2v) is 8.25. The molecule has 0 unspecified atom stereocenters. The number of anilines is 2. The molecule has 5 rings (SSSR count). The van der Waals surface area contributed by atoms with Gasteiger partial charge in [0.1, 0.15) is 11.5 Å². The van der Waals surface area contributed by atoms with Gasteiger partial charge in [0.2, 0.25) is 5.91 Å². The van der Waals surface area contributed by atoms with E-state index in [2.05, 4.69) is 25.6 Å². The van der Waals surface area contributed by atoms with Crippen LogP contribution in [0.25, 0.3) is 22.4 Å². The van der Waals surface area contributed by atoms with Gasteiger partial charge < -0.3 is 10.6 Å². The van der Waals surface area contributed by atoms with E-state index in [1.54, 1.807) is 30.6 Å². The molecule has 0 fully saturated rings. The van der Waals surface area contributed by atoms with Crippen molar-refractivity contribution in [3.63, 3.8) is 0 Å². The molecule has 4 heterocycles. The standard InChI is InChI=1S/C26H18F3N5O2/c1-14-2-3-17(33-25(36)16-5-8-31-22(11-16)26(27,28)29)12-19(14)15-4-7-30-21(10-15)18-6-9-32-24-20(18)13-23(35)34-24/h2-12H,13H2,1H3,(H,33,36)(H,32,34,35). The van der Waals surface area contributed by atoms with E-state index in [1.165, 1.54) is 6.07 Å². The highest BCUT2D eigenvalue weighted by Gasteiger charge is 2.33. The van der Waals surface area contributed by atoms with Gasteiger partial charge in [-0.25, -0.2) is 4.98 Å². The Labute approximate surface area is 203 Å². The molecule has 1 aliphatic heterocycles. The van der Waals surface area contributed by atoms with Crippen molar-refractivity contribution >= 4 is 23.3 Å². The first kappa shape index (κ1) is 23.2. The van der Waals surface area contributed by atoms with Gasteiger partial charge in [0.25, 0.3) is 5.91 Å². The number of hydrogen-bond acceptors (Lipinski definition) is 5. The molecule has 2 N–H and O–H groups in total. The number of aromatic nitrogens is 3. The highest BCUT2D eigenvalue weighted by molar-refractivity contribution is 6.04. The fourth-order valence-corrected chi connectivity index (χ4v) is 4.04. The van der Waals surface area contributed by atoms with Crippen LogP contribution in [0.2, 0.25) is 0 Å². The third-order valence-corrected chi connectivity index (χ3v) is 5.81. The Bertz CT molecular complexity index is 1520. The lowest BCUT2D eigenvalue weighted by Gasteiger charge is -2.13. The summed E-state index contributed by atoms with van der Waals surface area (Å²) in [6.45, 7) is 1.91. The minimum absolute atomic E-state index is 0.128. The smallest absolute Gasteiger partial charge is 0.322 e. The normalized spacial score (nSPS) is 12.7. The van der Waals surface area contributed by atoms with Gasteiger partial charge >= 0.3 is 6.18 Å². The summed E-state index contributed by atoms with van der Waals surface area (Å²) in [7, 11) is 0. The molecular formula is C26H18F3N5O2. The molecule has 1 aliphatic rings. The molecule has 0 aliphatic carbocycles. The fraction of sp³-hybridized carbons (Fsp3) is 0.115. The van der Waals surface area contributed by atoms with Crippen molar-refractivity contribution in [3.05, 3.63) is 89.5 Å². The van der Waals surface area contributed by atoms with Gasteiger partial charge in [-0.05, 0) is 66.1 Å². The molecule has 0 radical (unpaired) electrons. The van der Waals surface area contributed by atoms with E-state index >= 15 is 0 Å². The summed E-state index contributed by atoms with van der Waals surface area (Å²) in [5, 5.41) is 5.39. The van der Waals surface area contributed by atoms with Gasteiger partial charge in [0.15, 0.2) is 0 Å². The molecule has 10 heteroatoms. The lowest BCUT2D eigenvalue weighted by molar-refractivity contribution is -0.141. The number of nitrogens with zero attached hydrogens (tertiary/aromatic N) is 3. The maximum atomic E-state index is 13.0. The van der Waals surface area contributed by atoms with Crippen LogP contribution in [0.4, 0.5) is 24.7 Å². The minimum Gasteiger partial charge on any atom is -0.322 e. The molecule has 36 heavy (non-hydrogen) atoms. The molecule has 180 valence electrons. The Morgan fingerprint density at radius 2 is 1.72 bits per heavy atom. The zero-order valence-corrected chi connectivity index (χ0v) is 18.8. The van der Waals surface area contributed by atoms with Crippen LogP contribution in [-0.4, -0.2) is 26.8 Å². The molecule has 3 aromatic heterocycles. The number of amides is 2. The quantitative estimate of drug-likeness (QED) is 0.407. The summed E-state index contributed by atoms with van der Waals surface area (Å²) in [6.07, 6.45) is -0.211. The summed E-state index contributed by atoms with van der Waals surface area (Å²) < 4.78 is 38.9. The van der Waals surface area contributed by atoms with Crippen LogP contribution in [0.1, 0.15) is 27.2 Å². The maximum absolute atomic E-state index is 13.0. The van der Waals surface area contributed by atoms with Crippen LogP contribution in [0.5, 0.6) is 0 Å². The fourth-order valence-electron chi connectivity index (χ4n) is 4.04. The molecule has 0 spiro atoms. The summed E-state index contributed by atoms with van der Waals surface area (Å²) >= 11 is 0. The number of halogens is 3. The van der Waals surface area contributed by atoms with Crippen LogP contribution < -0.4 is 10.6 Å². The molecule has 0 bridgehead atoms. The number of benzene rings is 1. The van der Waals surface area contributed by atoms with Gasteiger partial charge in [-0.2, -0.15) is 13.2 Å². The van der Waals surface area contributed by atoms with E-state index in [1.807, 2.05) is 25.1 Å². The van der Waals surface area contributed by atoms with Crippen molar-refractivity contribution in [3.8, 4) is 22.4 Å². The lowest BCUT2D eigenvalue weighted by atomic mass is 9.97. The summed E-state index contributed by atoms with van der Waals surface area (Å²) in [6, 6.07) is 12.7. The van der Waals surface area contributed by atoms with Crippen molar-refractivity contribution in [2.24, 2.45) is 0 Å². The minimum atomic E-state index is -4.65. The van der Waals surface area contributed by atoms with E-state index in [9.17, 15) is 22.8 Å². The van der Waals surface area contributed by atoms with Gasteiger partial charge in [-0.3, -0.25) is 19.6 Å². The monoisotopic (exact) mass is 489 g/mol. The molecule has 7 nitrogen and oxygen atoms in total. The Kier molecular flexibility index (Phi) is 5.71. The molecule has 4 aromatic rings. The van der Waals surface area contributed by atoms with Crippen molar-refractivity contribution in [2.75, 3.05) is 10.6 Å². The number of pyridine rings is 3. The Hall–Kier alpha value is -4.60. The zero-order valence-electron chi connectivity index (χ0n) is 18.8. The predicted octanol–water partition coefficient (Wildman–Crippen LogP) is 5.28. The van der Waals surface area contributed by atoms with Crippen LogP contribution in [0.3, 0.4) is 0 Å². The van der Waals surface area contributed by atoms with Gasteiger partial charge in [0.05, 0.1) is 12.1 Å². The molecule has 0 saturated heterocycles. The highest BCUT2D eigenvalue weighted by Crippen LogP contribution is 2.34. The number of aryl methyl sites for hydroxylation is 1. The number of hydrogen-bond donors (Lipinski definition) is 2. The first-order chi connectivity index (χ1) is 17.2. The summed E-state index contributed by atoms with van der Waals surface area (Å²) in [5.41, 5.74) is 3.91. The van der Waals surface area contributed by atoms with Crippen molar-refractivity contribution in [2.45, 2.75) is 19.5 Å². The SMILES string of the molecule is Cc1ccc(NC(=O)c2ccnc(C(F)(F)F)c2)cc1-c1ccnc(-c2ccnc3c2CC(=O)N3)c1. The predicted molar refractivity (Wildman–Crippen MR) is 127 cm³/mol. The zero-order chi connectivity index (χ0) is 25.4. The van der Waals surface area contributed by atoms with Gasteiger partial charge in [0, 0.05) is 41.0 Å². The van der Waals surface area contributed by atoms with Gasteiger partial charge in [-0.1, -0.05) is 6.07 Å². The average Bonchev–Trinajstić information content (AvgIpc) is 3.25. The number of nitrogens with one attached hydrogen (secondary N) is 2. The topological polar surface area (TPSA) is 96.9 Å².